The van der Waals surface area contributed by atoms with E-state index in [1.54, 1.807) is 7.11 Å². The number of methoxy groups -OCH3 is 1. The summed E-state index contributed by atoms with van der Waals surface area (Å²) in [6, 6.07) is 6.14. The number of hydrogen-bond donors (Lipinski definition) is 0. The topological polar surface area (TPSA) is 51.4 Å². The monoisotopic (exact) mass is 301 g/mol. The molecule has 0 radical (unpaired) electrons. The van der Waals surface area contributed by atoms with E-state index >= 15 is 0 Å². The molecule has 3 heterocycles. The third-order valence-electron chi connectivity index (χ3n) is 4.53. The molecule has 5 heteroatoms. The Morgan fingerprint density at radius 3 is 2.82 bits per heavy atom. The van der Waals surface area contributed by atoms with Crippen molar-refractivity contribution in [1.82, 2.24) is 15.0 Å². The number of pyridine rings is 1. The molecule has 0 aliphatic carbocycles. The summed E-state index contributed by atoms with van der Waals surface area (Å²) in [5.74, 6) is 1.81. The maximum absolute atomic E-state index is 5.42. The van der Waals surface area contributed by atoms with Gasteiger partial charge in [0.25, 0.3) is 0 Å². The van der Waals surface area contributed by atoms with E-state index in [2.05, 4.69) is 27.2 Å². The van der Waals surface area contributed by atoms with Crippen LogP contribution in [0.1, 0.15) is 28.6 Å². The Morgan fingerprint density at radius 2 is 2.18 bits per heavy atom. The molecule has 118 valence electrons. The minimum Gasteiger partial charge on any atom is -0.384 e. The first-order valence-corrected chi connectivity index (χ1v) is 7.73. The lowest BCUT2D eigenvalue weighted by molar-refractivity contribution is 0.147. The van der Waals surface area contributed by atoms with E-state index < -0.39 is 0 Å². The van der Waals surface area contributed by atoms with Gasteiger partial charge in [-0.1, -0.05) is 11.2 Å². The van der Waals surface area contributed by atoms with E-state index in [0.717, 1.165) is 43.4 Å². The van der Waals surface area contributed by atoms with Crippen LogP contribution >= 0.6 is 0 Å². The Hall–Kier alpha value is -1.72. The second-order valence-electron chi connectivity index (χ2n) is 6.07. The molecule has 1 fully saturated rings. The molecule has 2 atom stereocenters. The Balaban J connectivity index is 1.76. The quantitative estimate of drug-likeness (QED) is 0.849. The normalized spacial score (nSPS) is 22.3. The smallest absolute Gasteiger partial charge is 0.138 e. The molecule has 0 N–H and O–H groups in total. The summed E-state index contributed by atoms with van der Waals surface area (Å²) in [6.45, 7) is 7.64. The fourth-order valence-corrected chi connectivity index (χ4v) is 3.35. The van der Waals surface area contributed by atoms with Crippen LogP contribution in [0.5, 0.6) is 0 Å². The molecule has 0 spiro atoms. The van der Waals surface area contributed by atoms with Gasteiger partial charge in [0.2, 0.25) is 0 Å². The molecule has 1 aliphatic rings. The molecule has 2 aromatic heterocycles. The Morgan fingerprint density at radius 1 is 1.32 bits per heavy atom. The van der Waals surface area contributed by atoms with Crippen molar-refractivity contribution >= 4 is 0 Å². The van der Waals surface area contributed by atoms with Crippen LogP contribution in [0.4, 0.5) is 0 Å². The van der Waals surface area contributed by atoms with E-state index in [1.165, 1.54) is 5.56 Å². The highest BCUT2D eigenvalue weighted by atomic mass is 16.5. The van der Waals surface area contributed by atoms with Crippen LogP contribution in [0.25, 0.3) is 0 Å². The van der Waals surface area contributed by atoms with E-state index in [1.807, 2.05) is 26.1 Å². The van der Waals surface area contributed by atoms with Gasteiger partial charge < -0.3 is 9.26 Å². The highest BCUT2D eigenvalue weighted by Crippen LogP contribution is 2.33. The van der Waals surface area contributed by atoms with Crippen LogP contribution < -0.4 is 0 Å². The predicted octanol–water partition coefficient (Wildman–Crippen LogP) is 2.55. The second-order valence-corrected chi connectivity index (χ2v) is 6.07. The molecular weight excluding hydrogens is 278 g/mol. The van der Waals surface area contributed by atoms with Gasteiger partial charge in [0, 0.05) is 56.0 Å². The average molecular weight is 301 g/mol. The molecule has 0 aromatic carbocycles. The first-order chi connectivity index (χ1) is 10.7. The van der Waals surface area contributed by atoms with Gasteiger partial charge in [-0.15, -0.1) is 0 Å². The number of aromatic nitrogens is 2. The van der Waals surface area contributed by atoms with Gasteiger partial charge in [-0.25, -0.2) is 0 Å². The van der Waals surface area contributed by atoms with E-state index in [9.17, 15) is 0 Å². The van der Waals surface area contributed by atoms with Crippen LogP contribution in [0, 0.1) is 19.8 Å². The van der Waals surface area contributed by atoms with Crippen molar-refractivity contribution in [2.24, 2.45) is 5.92 Å². The molecule has 2 aromatic rings. The fraction of sp³-hybridized carbons (Fsp3) is 0.529. The van der Waals surface area contributed by atoms with Crippen molar-refractivity contribution in [1.29, 1.82) is 0 Å². The highest BCUT2D eigenvalue weighted by Gasteiger charge is 2.35. The van der Waals surface area contributed by atoms with Gasteiger partial charge in [0.05, 0.1) is 12.3 Å². The number of aryl methyl sites for hydroxylation is 2. The summed E-state index contributed by atoms with van der Waals surface area (Å²) >= 11 is 0. The number of rotatable bonds is 5. The summed E-state index contributed by atoms with van der Waals surface area (Å²) in [4.78, 5) is 7.00. The lowest BCUT2D eigenvalue weighted by atomic mass is 9.93. The molecule has 0 saturated carbocycles. The van der Waals surface area contributed by atoms with Crippen LogP contribution in [0.15, 0.2) is 28.9 Å². The first-order valence-electron chi connectivity index (χ1n) is 7.73. The number of ether oxygens (including phenoxy) is 1. The largest absolute Gasteiger partial charge is 0.384 e. The Kier molecular flexibility index (Phi) is 4.55. The van der Waals surface area contributed by atoms with Crippen molar-refractivity contribution in [2.45, 2.75) is 26.3 Å². The van der Waals surface area contributed by atoms with Gasteiger partial charge in [-0.2, -0.15) is 0 Å². The fourth-order valence-electron chi connectivity index (χ4n) is 3.35. The average Bonchev–Trinajstić information content (AvgIpc) is 3.07. The zero-order valence-electron chi connectivity index (χ0n) is 13.5. The molecule has 3 rings (SSSR count). The van der Waals surface area contributed by atoms with Crippen molar-refractivity contribution in [3.63, 3.8) is 0 Å². The standard InChI is InChI=1S/C17H23N3O2/c1-12-15(13(2)22-19-12)9-20-8-14(11-21-3)16(10-20)17-6-4-5-7-18-17/h4-7,14,16H,8-11H2,1-3H3/t14-,16+/m0/s1. The van der Waals surface area contributed by atoms with Gasteiger partial charge in [-0.3, -0.25) is 9.88 Å². The molecule has 5 nitrogen and oxygen atoms in total. The summed E-state index contributed by atoms with van der Waals surface area (Å²) in [5, 5.41) is 4.05. The van der Waals surface area contributed by atoms with Crippen molar-refractivity contribution in [2.75, 3.05) is 26.8 Å². The maximum Gasteiger partial charge on any atom is 0.138 e. The van der Waals surface area contributed by atoms with Crippen LogP contribution in [-0.4, -0.2) is 41.8 Å². The first kappa shape index (κ1) is 15.2. The summed E-state index contributed by atoms with van der Waals surface area (Å²) < 4.78 is 10.7. The molecule has 1 aliphatic heterocycles. The van der Waals surface area contributed by atoms with E-state index in [-0.39, 0.29) is 0 Å². The number of hydrogen-bond acceptors (Lipinski definition) is 5. The van der Waals surface area contributed by atoms with Gasteiger partial charge in [0.15, 0.2) is 0 Å². The van der Waals surface area contributed by atoms with Crippen molar-refractivity contribution < 1.29 is 9.26 Å². The molecule has 1 saturated heterocycles. The number of likely N-dealkylation sites (tertiary alicyclic amines) is 1. The minimum atomic E-state index is 0.418. The lowest BCUT2D eigenvalue weighted by Crippen LogP contribution is -2.21. The van der Waals surface area contributed by atoms with Crippen LogP contribution in [0.2, 0.25) is 0 Å². The molecule has 0 amide bonds. The third kappa shape index (κ3) is 3.05. The number of nitrogens with zero attached hydrogens (tertiary/aromatic N) is 3. The van der Waals surface area contributed by atoms with Gasteiger partial charge in [0.1, 0.15) is 5.76 Å². The summed E-state index contributed by atoms with van der Waals surface area (Å²) in [7, 11) is 1.77. The predicted molar refractivity (Wildman–Crippen MR) is 83.6 cm³/mol. The zero-order valence-corrected chi connectivity index (χ0v) is 13.5. The Bertz CT molecular complexity index is 592. The van der Waals surface area contributed by atoms with Crippen molar-refractivity contribution in [3.05, 3.63) is 47.1 Å². The molecule has 22 heavy (non-hydrogen) atoms. The molecular formula is C17H23N3O2. The SMILES string of the molecule is COC[C@@H]1CN(Cc2c(C)noc2C)C[C@H]1c1ccccn1. The zero-order chi connectivity index (χ0) is 15.5. The maximum atomic E-state index is 5.42. The minimum absolute atomic E-state index is 0.418. The van der Waals surface area contributed by atoms with Gasteiger partial charge in [-0.05, 0) is 26.0 Å². The Labute approximate surface area is 131 Å². The van der Waals surface area contributed by atoms with Crippen LogP contribution in [0.3, 0.4) is 0 Å². The second kappa shape index (κ2) is 6.58. The molecule has 0 unspecified atom stereocenters. The van der Waals surface area contributed by atoms with E-state index in [0.29, 0.717) is 11.8 Å². The van der Waals surface area contributed by atoms with E-state index in [4.69, 9.17) is 9.26 Å². The van der Waals surface area contributed by atoms with Crippen molar-refractivity contribution in [3.8, 4) is 0 Å². The summed E-state index contributed by atoms with van der Waals surface area (Å²) in [6.07, 6.45) is 1.87. The third-order valence-corrected chi connectivity index (χ3v) is 4.53. The van der Waals surface area contributed by atoms with Crippen LogP contribution in [-0.2, 0) is 11.3 Å². The molecule has 0 bridgehead atoms. The van der Waals surface area contributed by atoms with Gasteiger partial charge >= 0.3 is 0 Å². The highest BCUT2D eigenvalue weighted by molar-refractivity contribution is 5.21. The summed E-state index contributed by atoms with van der Waals surface area (Å²) in [5.41, 5.74) is 3.35. The lowest BCUT2D eigenvalue weighted by Gasteiger charge is -2.16.